The summed E-state index contributed by atoms with van der Waals surface area (Å²) in [4.78, 5) is 11.2. The summed E-state index contributed by atoms with van der Waals surface area (Å²) in [6.07, 6.45) is 2.86. The van der Waals surface area contributed by atoms with Crippen molar-refractivity contribution in [3.63, 3.8) is 0 Å². The highest BCUT2D eigenvalue weighted by Crippen LogP contribution is 2.26. The van der Waals surface area contributed by atoms with E-state index < -0.39 is 27.3 Å². The molecule has 2 aliphatic rings. The van der Waals surface area contributed by atoms with Crippen molar-refractivity contribution in [3.05, 3.63) is 0 Å². The smallest absolute Gasteiger partial charge is 0.322 e. The highest BCUT2D eigenvalue weighted by Gasteiger charge is 2.41. The van der Waals surface area contributed by atoms with Gasteiger partial charge in [-0.3, -0.25) is 4.79 Å². The van der Waals surface area contributed by atoms with E-state index in [0.717, 1.165) is 12.8 Å². The van der Waals surface area contributed by atoms with E-state index >= 15 is 0 Å². The van der Waals surface area contributed by atoms with Gasteiger partial charge in [-0.15, -0.1) is 0 Å². The SMILES string of the molecule is O=C(O)[C@H]1CCCCN1S(=O)(=O)C1CCOCC1. The fourth-order valence-electron chi connectivity index (χ4n) is 2.62. The molecule has 104 valence electrons. The molecule has 0 aromatic carbocycles. The van der Waals surface area contributed by atoms with Gasteiger partial charge in [0, 0.05) is 19.8 Å². The molecule has 2 saturated heterocycles. The Morgan fingerprint density at radius 2 is 1.83 bits per heavy atom. The third kappa shape index (κ3) is 2.67. The molecule has 0 bridgehead atoms. The number of nitrogens with zero attached hydrogens (tertiary/aromatic N) is 1. The van der Waals surface area contributed by atoms with Crippen molar-refractivity contribution in [2.24, 2.45) is 0 Å². The fourth-order valence-corrected chi connectivity index (χ4v) is 4.73. The third-order valence-corrected chi connectivity index (χ3v) is 6.06. The lowest BCUT2D eigenvalue weighted by atomic mass is 10.1. The van der Waals surface area contributed by atoms with E-state index in [9.17, 15) is 13.2 Å². The minimum atomic E-state index is -3.51. The molecule has 2 fully saturated rings. The minimum absolute atomic E-state index is 0.330. The molecular weight excluding hydrogens is 258 g/mol. The maximum Gasteiger partial charge on any atom is 0.322 e. The fraction of sp³-hybridized carbons (Fsp3) is 0.909. The van der Waals surface area contributed by atoms with E-state index in [2.05, 4.69) is 0 Å². The third-order valence-electron chi connectivity index (χ3n) is 3.66. The van der Waals surface area contributed by atoms with E-state index in [1.807, 2.05) is 0 Å². The number of ether oxygens (including phenoxy) is 1. The first-order valence-electron chi connectivity index (χ1n) is 6.34. The molecule has 0 aromatic rings. The first-order chi connectivity index (χ1) is 8.53. The van der Waals surface area contributed by atoms with Crippen molar-refractivity contribution in [1.29, 1.82) is 0 Å². The van der Waals surface area contributed by atoms with E-state index in [4.69, 9.17) is 9.84 Å². The van der Waals surface area contributed by atoms with Crippen molar-refractivity contribution >= 4 is 16.0 Å². The summed E-state index contributed by atoms with van der Waals surface area (Å²) in [5.41, 5.74) is 0. The van der Waals surface area contributed by atoms with Gasteiger partial charge in [0.15, 0.2) is 0 Å². The molecule has 0 unspecified atom stereocenters. The Kier molecular flexibility index (Phi) is 4.24. The van der Waals surface area contributed by atoms with Crippen molar-refractivity contribution in [2.45, 2.75) is 43.4 Å². The summed E-state index contributed by atoms with van der Waals surface area (Å²) in [7, 11) is -3.51. The Bertz CT molecular complexity index is 402. The average molecular weight is 277 g/mol. The molecule has 0 aromatic heterocycles. The first kappa shape index (κ1) is 13.8. The van der Waals surface area contributed by atoms with Crippen LogP contribution in [0.4, 0.5) is 0 Å². The van der Waals surface area contributed by atoms with Gasteiger partial charge in [-0.05, 0) is 32.1 Å². The number of carbonyl (C=O) groups is 1. The lowest BCUT2D eigenvalue weighted by Crippen LogP contribution is -2.51. The molecule has 1 N–H and O–H groups in total. The number of sulfonamides is 1. The molecule has 0 spiro atoms. The van der Waals surface area contributed by atoms with Crippen LogP contribution in [0.3, 0.4) is 0 Å². The molecule has 2 heterocycles. The quantitative estimate of drug-likeness (QED) is 0.809. The summed E-state index contributed by atoms with van der Waals surface area (Å²) in [6, 6.07) is -0.883. The molecule has 7 heteroatoms. The summed E-state index contributed by atoms with van der Waals surface area (Å²) >= 11 is 0. The molecule has 0 aliphatic carbocycles. The predicted octanol–water partition coefficient (Wildman–Crippen LogP) is 0.434. The molecule has 6 nitrogen and oxygen atoms in total. The Balaban J connectivity index is 2.18. The number of hydrogen-bond acceptors (Lipinski definition) is 4. The van der Waals surface area contributed by atoms with Crippen LogP contribution in [0.2, 0.25) is 0 Å². The largest absolute Gasteiger partial charge is 0.480 e. The van der Waals surface area contributed by atoms with E-state index in [0.29, 0.717) is 39.0 Å². The van der Waals surface area contributed by atoms with Crippen molar-refractivity contribution < 1.29 is 23.1 Å². The van der Waals surface area contributed by atoms with E-state index in [1.54, 1.807) is 0 Å². The van der Waals surface area contributed by atoms with Gasteiger partial charge in [-0.25, -0.2) is 8.42 Å². The van der Waals surface area contributed by atoms with Crippen LogP contribution in [-0.4, -0.2) is 54.8 Å². The highest BCUT2D eigenvalue weighted by molar-refractivity contribution is 7.89. The topological polar surface area (TPSA) is 83.9 Å². The summed E-state index contributed by atoms with van der Waals surface area (Å²) in [5, 5.41) is 8.66. The maximum atomic E-state index is 12.5. The second-order valence-corrected chi connectivity index (χ2v) is 6.98. The number of carboxylic acids is 1. The zero-order valence-corrected chi connectivity index (χ0v) is 11.1. The summed E-state index contributed by atoms with van der Waals surface area (Å²) < 4.78 is 31.3. The zero-order valence-electron chi connectivity index (χ0n) is 10.2. The second kappa shape index (κ2) is 5.54. The molecule has 2 rings (SSSR count). The van der Waals surface area contributed by atoms with E-state index in [-0.39, 0.29) is 0 Å². The zero-order chi connectivity index (χ0) is 13.2. The van der Waals surface area contributed by atoms with Crippen LogP contribution in [0.15, 0.2) is 0 Å². The lowest BCUT2D eigenvalue weighted by molar-refractivity contribution is -0.142. The van der Waals surface area contributed by atoms with Crippen LogP contribution >= 0.6 is 0 Å². The van der Waals surface area contributed by atoms with Crippen LogP contribution in [-0.2, 0) is 19.6 Å². The number of aliphatic carboxylic acids is 1. The first-order valence-corrected chi connectivity index (χ1v) is 7.85. The van der Waals surface area contributed by atoms with Gasteiger partial charge in [-0.1, -0.05) is 0 Å². The van der Waals surface area contributed by atoms with Crippen LogP contribution in [0.25, 0.3) is 0 Å². The Morgan fingerprint density at radius 3 is 2.44 bits per heavy atom. The Morgan fingerprint density at radius 1 is 1.17 bits per heavy atom. The normalized spacial score (nSPS) is 28.1. The van der Waals surface area contributed by atoms with Gasteiger partial charge in [-0.2, -0.15) is 4.31 Å². The van der Waals surface area contributed by atoms with Crippen LogP contribution < -0.4 is 0 Å². The van der Waals surface area contributed by atoms with Gasteiger partial charge in [0.2, 0.25) is 10.0 Å². The van der Waals surface area contributed by atoms with Gasteiger partial charge in [0.25, 0.3) is 0 Å². The highest BCUT2D eigenvalue weighted by atomic mass is 32.2. The van der Waals surface area contributed by atoms with Crippen molar-refractivity contribution in [3.8, 4) is 0 Å². The molecule has 0 saturated carbocycles. The lowest BCUT2D eigenvalue weighted by Gasteiger charge is -2.35. The number of rotatable bonds is 3. The van der Waals surface area contributed by atoms with Gasteiger partial charge < -0.3 is 9.84 Å². The monoisotopic (exact) mass is 277 g/mol. The molecular formula is C11H19NO5S. The second-order valence-electron chi connectivity index (χ2n) is 4.82. The Hall–Kier alpha value is -0.660. The molecule has 2 aliphatic heterocycles. The minimum Gasteiger partial charge on any atom is -0.480 e. The maximum absolute atomic E-state index is 12.5. The molecule has 1 atom stereocenters. The number of carboxylic acid groups (broad SMARTS) is 1. The van der Waals surface area contributed by atoms with E-state index in [1.165, 1.54) is 4.31 Å². The predicted molar refractivity (Wildman–Crippen MR) is 64.7 cm³/mol. The average Bonchev–Trinajstić information content (AvgIpc) is 2.39. The number of hydrogen-bond donors (Lipinski definition) is 1. The van der Waals surface area contributed by atoms with Crippen LogP contribution in [0.5, 0.6) is 0 Å². The van der Waals surface area contributed by atoms with Crippen molar-refractivity contribution in [2.75, 3.05) is 19.8 Å². The Labute approximate surface area is 107 Å². The summed E-state index contributed by atoms with van der Waals surface area (Å²) in [5.74, 6) is -1.04. The number of piperidine rings is 1. The van der Waals surface area contributed by atoms with Gasteiger partial charge in [0.05, 0.1) is 5.25 Å². The summed E-state index contributed by atoms with van der Waals surface area (Å²) in [6.45, 7) is 1.21. The van der Waals surface area contributed by atoms with Gasteiger partial charge in [0.1, 0.15) is 6.04 Å². The van der Waals surface area contributed by atoms with Crippen molar-refractivity contribution in [1.82, 2.24) is 4.31 Å². The van der Waals surface area contributed by atoms with Crippen LogP contribution in [0.1, 0.15) is 32.1 Å². The van der Waals surface area contributed by atoms with Gasteiger partial charge >= 0.3 is 5.97 Å². The molecule has 18 heavy (non-hydrogen) atoms. The van der Waals surface area contributed by atoms with Crippen LogP contribution in [0, 0.1) is 0 Å². The molecule has 0 radical (unpaired) electrons. The molecule has 0 amide bonds. The standard InChI is InChI=1S/C11H19NO5S/c13-11(14)10-3-1-2-6-12(10)18(15,16)9-4-7-17-8-5-9/h9-10H,1-8H2,(H,13,14)/t10-/m1/s1.